The van der Waals surface area contributed by atoms with Crippen molar-refractivity contribution in [1.82, 2.24) is 0 Å². The van der Waals surface area contributed by atoms with Crippen LogP contribution in [0.3, 0.4) is 0 Å². The highest BCUT2D eigenvalue weighted by atomic mass is 16.5. The second-order valence-corrected chi connectivity index (χ2v) is 3.33. The summed E-state index contributed by atoms with van der Waals surface area (Å²) in [5.41, 5.74) is 0.201. The maximum Gasteiger partial charge on any atom is 0.417 e. The van der Waals surface area contributed by atoms with Gasteiger partial charge in [0, 0.05) is 5.41 Å². The first-order valence-corrected chi connectivity index (χ1v) is 4.73. The van der Waals surface area contributed by atoms with Crippen molar-refractivity contribution in [3.8, 4) is 0 Å². The summed E-state index contributed by atoms with van der Waals surface area (Å²) in [5.74, 6) is 0. The maximum atomic E-state index is 9.94. The van der Waals surface area contributed by atoms with Crippen LogP contribution in [0.4, 0.5) is 0 Å². The molecule has 12 heavy (non-hydrogen) atoms. The summed E-state index contributed by atoms with van der Waals surface area (Å²) in [7, 11) is 0. The van der Waals surface area contributed by atoms with Crippen LogP contribution in [0.1, 0.15) is 46.5 Å². The second-order valence-electron chi connectivity index (χ2n) is 3.33. The highest BCUT2D eigenvalue weighted by Crippen LogP contribution is 2.31. The molecule has 0 spiro atoms. The van der Waals surface area contributed by atoms with Gasteiger partial charge >= 0.3 is 6.47 Å². The van der Waals surface area contributed by atoms with E-state index in [4.69, 9.17) is 4.74 Å². The molecule has 0 saturated heterocycles. The minimum absolute atomic E-state index is 0.201. The van der Waals surface area contributed by atoms with Gasteiger partial charge in [-0.1, -0.05) is 27.2 Å². The molecule has 2 heteroatoms. The van der Waals surface area contributed by atoms with Gasteiger partial charge in [-0.05, 0) is 19.3 Å². The predicted molar refractivity (Wildman–Crippen MR) is 49.6 cm³/mol. The van der Waals surface area contributed by atoms with Crippen molar-refractivity contribution in [3.63, 3.8) is 0 Å². The molecular weight excluding hydrogens is 152 g/mol. The van der Waals surface area contributed by atoms with Gasteiger partial charge in [0.15, 0.2) is 0 Å². The molecule has 0 bridgehead atoms. The van der Waals surface area contributed by atoms with Crippen molar-refractivity contribution >= 4 is 6.47 Å². The van der Waals surface area contributed by atoms with E-state index in [1.165, 1.54) is 6.47 Å². The third-order valence-electron chi connectivity index (χ3n) is 2.72. The van der Waals surface area contributed by atoms with Gasteiger partial charge in [-0.2, -0.15) is 0 Å². The Labute approximate surface area is 75.3 Å². The van der Waals surface area contributed by atoms with Crippen LogP contribution < -0.4 is 0 Å². The fourth-order valence-electron chi connectivity index (χ4n) is 1.59. The zero-order valence-electron chi connectivity index (χ0n) is 8.35. The average molecular weight is 171 g/mol. The Hall–Kier alpha value is -0.530. The van der Waals surface area contributed by atoms with Gasteiger partial charge in [0.25, 0.3) is 0 Å². The maximum absolute atomic E-state index is 9.94. The summed E-state index contributed by atoms with van der Waals surface area (Å²) in [5, 5.41) is 0. The summed E-state index contributed by atoms with van der Waals surface area (Å²) < 4.78 is 4.73. The first-order chi connectivity index (χ1) is 5.74. The van der Waals surface area contributed by atoms with Crippen LogP contribution in [0.25, 0.3) is 0 Å². The van der Waals surface area contributed by atoms with Crippen LogP contribution in [0.5, 0.6) is 0 Å². The zero-order valence-corrected chi connectivity index (χ0v) is 8.35. The van der Waals surface area contributed by atoms with E-state index >= 15 is 0 Å². The lowest BCUT2D eigenvalue weighted by molar-refractivity contribution is 0.109. The van der Waals surface area contributed by atoms with Crippen LogP contribution in [-0.4, -0.2) is 13.1 Å². The summed E-state index contributed by atoms with van der Waals surface area (Å²) >= 11 is 0. The van der Waals surface area contributed by atoms with Crippen LogP contribution in [0, 0.1) is 5.41 Å². The number of ether oxygens (including phenoxy) is 1. The average Bonchev–Trinajstić information content (AvgIpc) is 2.13. The van der Waals surface area contributed by atoms with E-state index in [-0.39, 0.29) is 5.41 Å². The molecule has 0 aromatic carbocycles. The van der Waals surface area contributed by atoms with Gasteiger partial charge in [-0.25, -0.2) is 4.79 Å². The molecule has 0 saturated carbocycles. The van der Waals surface area contributed by atoms with Gasteiger partial charge in [0.05, 0.1) is 6.61 Å². The standard InChI is InChI=1S/C10H19O2/c1-4-7-10(5-2,6-3)8-12-9-11/h4-8H2,1-3H3. The van der Waals surface area contributed by atoms with Crippen LogP contribution in [0.15, 0.2) is 0 Å². The van der Waals surface area contributed by atoms with Crippen molar-refractivity contribution in [2.45, 2.75) is 46.5 Å². The molecule has 0 aromatic rings. The number of hydrogen-bond acceptors (Lipinski definition) is 2. The number of rotatable bonds is 7. The Kier molecular flexibility index (Phi) is 5.77. The van der Waals surface area contributed by atoms with Crippen molar-refractivity contribution in [1.29, 1.82) is 0 Å². The molecule has 0 rings (SSSR count). The van der Waals surface area contributed by atoms with Gasteiger partial charge in [-0.3, -0.25) is 0 Å². The number of carbonyl (C=O) groups excluding carboxylic acids is 1. The molecule has 0 aromatic heterocycles. The van der Waals surface area contributed by atoms with Crippen LogP contribution in [0.2, 0.25) is 0 Å². The molecule has 1 radical (unpaired) electrons. The Morgan fingerprint density at radius 2 is 1.83 bits per heavy atom. The fraction of sp³-hybridized carbons (Fsp3) is 0.900. The molecule has 0 heterocycles. The van der Waals surface area contributed by atoms with E-state index < -0.39 is 0 Å². The molecular formula is C10H19O2. The minimum atomic E-state index is 0.201. The van der Waals surface area contributed by atoms with Crippen LogP contribution >= 0.6 is 0 Å². The van der Waals surface area contributed by atoms with E-state index in [9.17, 15) is 4.79 Å². The summed E-state index contributed by atoms with van der Waals surface area (Å²) in [6, 6.07) is 0. The Morgan fingerprint density at radius 3 is 2.17 bits per heavy atom. The quantitative estimate of drug-likeness (QED) is 0.588. The lowest BCUT2D eigenvalue weighted by atomic mass is 9.79. The van der Waals surface area contributed by atoms with Crippen molar-refractivity contribution in [3.05, 3.63) is 0 Å². The van der Waals surface area contributed by atoms with E-state index in [0.29, 0.717) is 6.61 Å². The topological polar surface area (TPSA) is 26.3 Å². The SMILES string of the molecule is CCCC(CC)(CC)CO[C]=O. The van der Waals surface area contributed by atoms with Gasteiger partial charge in [-0.15, -0.1) is 0 Å². The van der Waals surface area contributed by atoms with E-state index in [1.807, 2.05) is 0 Å². The predicted octanol–water partition coefficient (Wildman–Crippen LogP) is 2.68. The van der Waals surface area contributed by atoms with Gasteiger partial charge in [0.2, 0.25) is 0 Å². The first kappa shape index (κ1) is 11.5. The van der Waals surface area contributed by atoms with Gasteiger partial charge in [0.1, 0.15) is 0 Å². The molecule has 0 N–H and O–H groups in total. The van der Waals surface area contributed by atoms with Crippen LogP contribution in [-0.2, 0) is 9.53 Å². The normalized spacial score (nSPS) is 11.2. The zero-order chi connectivity index (χ0) is 9.45. The molecule has 2 nitrogen and oxygen atoms in total. The first-order valence-electron chi connectivity index (χ1n) is 4.73. The smallest absolute Gasteiger partial charge is 0.417 e. The largest absolute Gasteiger partial charge is 0.457 e. The highest BCUT2D eigenvalue weighted by molar-refractivity contribution is 5.38. The number of hydrogen-bond donors (Lipinski definition) is 0. The summed E-state index contributed by atoms with van der Waals surface area (Å²) in [4.78, 5) is 9.94. The lowest BCUT2D eigenvalue weighted by Crippen LogP contribution is -2.25. The highest BCUT2D eigenvalue weighted by Gasteiger charge is 2.25. The second kappa shape index (κ2) is 6.04. The summed E-state index contributed by atoms with van der Waals surface area (Å²) in [6.45, 7) is 8.47. The molecule has 0 aliphatic carbocycles. The molecule has 0 fully saturated rings. The van der Waals surface area contributed by atoms with Crippen molar-refractivity contribution in [2.24, 2.45) is 5.41 Å². The van der Waals surface area contributed by atoms with Gasteiger partial charge < -0.3 is 4.74 Å². The minimum Gasteiger partial charge on any atom is -0.457 e. The van der Waals surface area contributed by atoms with E-state index in [1.54, 1.807) is 0 Å². The fourth-order valence-corrected chi connectivity index (χ4v) is 1.59. The Morgan fingerprint density at radius 1 is 1.25 bits per heavy atom. The monoisotopic (exact) mass is 171 g/mol. The molecule has 0 amide bonds. The Balaban J connectivity index is 4.03. The third-order valence-corrected chi connectivity index (χ3v) is 2.72. The summed E-state index contributed by atoms with van der Waals surface area (Å²) in [6.07, 6.45) is 4.41. The van der Waals surface area contributed by atoms with E-state index in [0.717, 1.165) is 25.7 Å². The van der Waals surface area contributed by atoms with Crippen molar-refractivity contribution < 1.29 is 9.53 Å². The molecule has 0 atom stereocenters. The molecule has 0 unspecified atom stereocenters. The molecule has 0 aliphatic rings. The van der Waals surface area contributed by atoms with E-state index in [2.05, 4.69) is 20.8 Å². The molecule has 0 aliphatic heterocycles. The Bertz CT molecular complexity index is 117. The third kappa shape index (κ3) is 3.24. The van der Waals surface area contributed by atoms with Crippen molar-refractivity contribution in [2.75, 3.05) is 6.61 Å². The molecule has 71 valence electrons. The lowest BCUT2D eigenvalue weighted by Gasteiger charge is -2.29.